The van der Waals surface area contributed by atoms with Crippen molar-refractivity contribution < 1.29 is 27.8 Å². The monoisotopic (exact) mass is 694 g/mol. The standard InChI is InChI=1S/C41H44F2N4O4/c1-25-31(28-15-13-27(14-16-28)22-46-19-17-30(24-46)45(3)4)8-5-9-32(25)33-10-6-11-34(26(33)2)39-44-35-20-29(23-47-18-7-12-36(47)40(48)49)37(51-41(42)43)21-38(35)50-39/h5-6,8-11,13-16,20-21,30,36,41H,7,12,17-19,22-24H2,1-4H3,(H,48,49)/t30?,36-/m0/s1. The van der Waals surface area contributed by atoms with Crippen LogP contribution in [0, 0.1) is 13.8 Å². The molecule has 8 nitrogen and oxygen atoms in total. The minimum atomic E-state index is -3.04. The highest BCUT2D eigenvalue weighted by molar-refractivity contribution is 5.85. The number of hydrogen-bond acceptors (Lipinski definition) is 7. The summed E-state index contributed by atoms with van der Waals surface area (Å²) in [7, 11) is 4.32. The summed E-state index contributed by atoms with van der Waals surface area (Å²) in [6.45, 7) is 5.03. The van der Waals surface area contributed by atoms with Crippen molar-refractivity contribution >= 4 is 17.1 Å². The molecule has 266 valence electrons. The molecule has 0 bridgehead atoms. The Balaban J connectivity index is 1.16. The quantitative estimate of drug-likeness (QED) is 0.148. The Morgan fingerprint density at radius 1 is 0.941 bits per heavy atom. The van der Waals surface area contributed by atoms with E-state index in [1.54, 1.807) is 11.0 Å². The van der Waals surface area contributed by atoms with Crippen LogP contribution in [0.2, 0.25) is 0 Å². The summed E-state index contributed by atoms with van der Waals surface area (Å²) in [5.41, 5.74) is 9.98. The Bertz CT molecular complexity index is 2040. The van der Waals surface area contributed by atoms with Crippen LogP contribution < -0.4 is 4.74 Å². The van der Waals surface area contributed by atoms with Crippen molar-refractivity contribution in [2.45, 2.75) is 64.9 Å². The molecule has 2 saturated heterocycles. The molecule has 1 N–H and O–H groups in total. The number of ether oxygens (including phenoxy) is 1. The van der Waals surface area contributed by atoms with Gasteiger partial charge in [-0.3, -0.25) is 14.6 Å². The second-order valence-corrected chi connectivity index (χ2v) is 14.1. The number of halogens is 2. The number of oxazole rings is 1. The molecule has 1 aromatic heterocycles. The molecule has 0 spiro atoms. The highest BCUT2D eigenvalue weighted by atomic mass is 19.3. The number of hydrogen-bond donors (Lipinski definition) is 1. The first-order valence-electron chi connectivity index (χ1n) is 17.6. The number of carboxylic acid groups (broad SMARTS) is 1. The summed E-state index contributed by atoms with van der Waals surface area (Å²) in [4.78, 5) is 23.2. The lowest BCUT2D eigenvalue weighted by Gasteiger charge is -2.22. The normalized spacial score (nSPS) is 18.4. The molecule has 1 unspecified atom stereocenters. The van der Waals surface area contributed by atoms with Crippen LogP contribution in [0.15, 0.2) is 77.2 Å². The molecule has 2 fully saturated rings. The predicted molar refractivity (Wildman–Crippen MR) is 195 cm³/mol. The van der Waals surface area contributed by atoms with Crippen LogP contribution in [0.3, 0.4) is 0 Å². The minimum Gasteiger partial charge on any atom is -0.480 e. The highest BCUT2D eigenvalue weighted by Gasteiger charge is 2.31. The second-order valence-electron chi connectivity index (χ2n) is 14.1. The number of carbonyl (C=O) groups is 1. The SMILES string of the molecule is Cc1c(-c2ccc(CN3CCC(N(C)C)C3)cc2)cccc1-c1cccc(-c2nc3cc(CN4CCC[C@H]4C(=O)O)c(OC(F)F)cc3o2)c1C. The van der Waals surface area contributed by atoms with E-state index in [0.717, 1.165) is 53.9 Å². The molecule has 0 amide bonds. The minimum absolute atomic E-state index is 0.0452. The number of likely N-dealkylation sites (tertiary alicyclic amines) is 2. The number of aliphatic carboxylic acids is 1. The lowest BCUT2D eigenvalue weighted by molar-refractivity contribution is -0.142. The Morgan fingerprint density at radius 3 is 2.29 bits per heavy atom. The fraction of sp³-hybridized carbons (Fsp3) is 0.366. The Hall–Kier alpha value is -4.64. The van der Waals surface area contributed by atoms with E-state index >= 15 is 0 Å². The van der Waals surface area contributed by atoms with Gasteiger partial charge >= 0.3 is 12.6 Å². The molecule has 5 aromatic rings. The lowest BCUT2D eigenvalue weighted by Crippen LogP contribution is -2.35. The van der Waals surface area contributed by atoms with Gasteiger partial charge in [-0.15, -0.1) is 0 Å². The largest absolute Gasteiger partial charge is 0.480 e. The first kappa shape index (κ1) is 34.8. The van der Waals surface area contributed by atoms with Gasteiger partial charge in [0.15, 0.2) is 5.58 Å². The van der Waals surface area contributed by atoms with Gasteiger partial charge in [-0.2, -0.15) is 8.78 Å². The molecule has 51 heavy (non-hydrogen) atoms. The third-order valence-electron chi connectivity index (χ3n) is 10.6. The van der Waals surface area contributed by atoms with E-state index in [2.05, 4.69) is 79.3 Å². The van der Waals surface area contributed by atoms with Gasteiger partial charge in [0.2, 0.25) is 5.89 Å². The molecule has 7 rings (SSSR count). The van der Waals surface area contributed by atoms with E-state index in [0.29, 0.717) is 41.6 Å². The first-order chi connectivity index (χ1) is 24.5. The van der Waals surface area contributed by atoms with Gasteiger partial charge in [0.05, 0.1) is 0 Å². The van der Waals surface area contributed by atoms with Gasteiger partial charge in [0.1, 0.15) is 17.3 Å². The molecule has 3 heterocycles. The van der Waals surface area contributed by atoms with Gasteiger partial charge in [0.25, 0.3) is 0 Å². The van der Waals surface area contributed by atoms with Crippen molar-refractivity contribution in [3.63, 3.8) is 0 Å². The zero-order chi connectivity index (χ0) is 35.8. The summed E-state index contributed by atoms with van der Waals surface area (Å²) < 4.78 is 38.0. The number of rotatable bonds is 11. The third kappa shape index (κ3) is 7.26. The highest BCUT2D eigenvalue weighted by Crippen LogP contribution is 2.39. The van der Waals surface area contributed by atoms with E-state index in [1.807, 2.05) is 19.1 Å². The van der Waals surface area contributed by atoms with Gasteiger partial charge in [0, 0.05) is 49.4 Å². The summed E-state index contributed by atoms with van der Waals surface area (Å²) in [5, 5.41) is 9.65. The summed E-state index contributed by atoms with van der Waals surface area (Å²) >= 11 is 0. The zero-order valence-electron chi connectivity index (χ0n) is 29.5. The number of likely N-dealkylation sites (N-methyl/N-ethyl adjacent to an activating group) is 1. The average Bonchev–Trinajstić information content (AvgIpc) is 3.86. The van der Waals surface area contributed by atoms with E-state index in [-0.39, 0.29) is 12.3 Å². The van der Waals surface area contributed by atoms with Gasteiger partial charge in [-0.05, 0) is 105 Å². The number of fused-ring (bicyclic) bond motifs is 1. The summed E-state index contributed by atoms with van der Waals surface area (Å²) in [6.07, 6.45) is 2.44. The fourth-order valence-corrected chi connectivity index (χ4v) is 7.78. The van der Waals surface area contributed by atoms with E-state index in [4.69, 9.17) is 14.1 Å². The van der Waals surface area contributed by atoms with Crippen molar-refractivity contribution in [1.29, 1.82) is 0 Å². The Labute approximate surface area is 297 Å². The molecular formula is C41H44F2N4O4. The molecule has 10 heteroatoms. The van der Waals surface area contributed by atoms with Crippen LogP contribution in [0.1, 0.15) is 41.5 Å². The van der Waals surface area contributed by atoms with Crippen LogP contribution in [0.5, 0.6) is 5.75 Å². The number of nitrogens with zero attached hydrogens (tertiary/aromatic N) is 4. The summed E-state index contributed by atoms with van der Waals surface area (Å²) in [6, 6.07) is 24.3. The van der Waals surface area contributed by atoms with Crippen LogP contribution >= 0.6 is 0 Å². The van der Waals surface area contributed by atoms with Crippen LogP contribution in [-0.4, -0.2) is 83.2 Å². The predicted octanol–water partition coefficient (Wildman–Crippen LogP) is 8.23. The maximum Gasteiger partial charge on any atom is 0.387 e. The molecule has 2 aliphatic heterocycles. The van der Waals surface area contributed by atoms with Crippen molar-refractivity contribution in [1.82, 2.24) is 19.7 Å². The van der Waals surface area contributed by atoms with Crippen LogP contribution in [-0.2, 0) is 17.9 Å². The number of benzene rings is 4. The van der Waals surface area contributed by atoms with Gasteiger partial charge in [-0.25, -0.2) is 4.98 Å². The molecule has 2 aliphatic rings. The van der Waals surface area contributed by atoms with Crippen molar-refractivity contribution in [2.75, 3.05) is 33.7 Å². The number of carboxylic acids is 1. The Morgan fingerprint density at radius 2 is 1.63 bits per heavy atom. The molecule has 2 atom stereocenters. The van der Waals surface area contributed by atoms with Crippen molar-refractivity contribution in [3.8, 4) is 39.5 Å². The van der Waals surface area contributed by atoms with Crippen molar-refractivity contribution in [2.24, 2.45) is 0 Å². The van der Waals surface area contributed by atoms with E-state index < -0.39 is 18.6 Å². The number of alkyl halides is 2. The smallest absolute Gasteiger partial charge is 0.387 e. The van der Waals surface area contributed by atoms with E-state index in [1.165, 1.54) is 29.2 Å². The molecule has 0 aliphatic carbocycles. The molecule has 0 radical (unpaired) electrons. The van der Waals surface area contributed by atoms with Gasteiger partial charge < -0.3 is 19.2 Å². The third-order valence-corrected chi connectivity index (χ3v) is 10.6. The summed E-state index contributed by atoms with van der Waals surface area (Å²) in [5.74, 6) is -0.598. The van der Waals surface area contributed by atoms with Gasteiger partial charge in [-0.1, -0.05) is 54.6 Å². The van der Waals surface area contributed by atoms with Crippen LogP contribution in [0.4, 0.5) is 8.78 Å². The first-order valence-corrected chi connectivity index (χ1v) is 17.6. The fourth-order valence-electron chi connectivity index (χ4n) is 7.78. The second kappa shape index (κ2) is 14.5. The van der Waals surface area contributed by atoms with Crippen molar-refractivity contribution in [3.05, 3.63) is 95.1 Å². The van der Waals surface area contributed by atoms with Crippen LogP contribution in [0.25, 0.3) is 44.8 Å². The number of aromatic nitrogens is 1. The van der Waals surface area contributed by atoms with E-state index in [9.17, 15) is 18.7 Å². The molecule has 0 saturated carbocycles. The lowest BCUT2D eigenvalue weighted by atomic mass is 9.89. The maximum atomic E-state index is 13.5. The molecule has 4 aromatic carbocycles. The Kier molecular flexibility index (Phi) is 9.92. The molecular weight excluding hydrogens is 650 g/mol. The topological polar surface area (TPSA) is 82.3 Å². The maximum absolute atomic E-state index is 13.5. The zero-order valence-corrected chi connectivity index (χ0v) is 29.5. The average molecular weight is 695 g/mol.